The van der Waals surface area contributed by atoms with E-state index in [9.17, 15) is 14.3 Å². The van der Waals surface area contributed by atoms with Gasteiger partial charge in [0.15, 0.2) is 5.78 Å². The molecule has 0 spiro atoms. The van der Waals surface area contributed by atoms with E-state index in [2.05, 4.69) is 31.2 Å². The Bertz CT molecular complexity index is 1100. The largest absolute Gasteiger partial charge is 0.508 e. The summed E-state index contributed by atoms with van der Waals surface area (Å²) in [6.07, 6.45) is 5.16. The molecule has 201 valence electrons. The Morgan fingerprint density at radius 1 is 1.19 bits per heavy atom. The minimum atomic E-state index is -1.08. The molecular weight excluding hydrogens is 465 g/mol. The number of phenolic OH excluding ortho intramolecular Hbond substituents is 1. The van der Waals surface area contributed by atoms with Gasteiger partial charge in [-0.25, -0.2) is 9.71 Å². The SMILES string of the molecule is Cc1c(F)cccc1[C@H]1[C@H](CCCCN(C)C)C(C)(C2CCCNC2)[N][C@@]1(C)C(=O)c1cccc(O)c1. The number of hydrogen-bond donors (Lipinski definition) is 2. The number of aromatic hydroxyl groups is 1. The second-order valence-corrected chi connectivity index (χ2v) is 11.7. The van der Waals surface area contributed by atoms with Crippen LogP contribution in [0.4, 0.5) is 4.39 Å². The molecule has 2 unspecified atom stereocenters. The molecule has 0 aliphatic carbocycles. The third-order valence-electron chi connectivity index (χ3n) is 8.94. The van der Waals surface area contributed by atoms with E-state index in [4.69, 9.17) is 5.32 Å². The lowest BCUT2D eigenvalue weighted by Crippen LogP contribution is -2.54. The zero-order valence-corrected chi connectivity index (χ0v) is 23.1. The van der Waals surface area contributed by atoms with Crippen molar-refractivity contribution < 1.29 is 14.3 Å². The van der Waals surface area contributed by atoms with Gasteiger partial charge in [-0.15, -0.1) is 0 Å². The van der Waals surface area contributed by atoms with Crippen molar-refractivity contribution in [3.05, 3.63) is 65.0 Å². The number of halogens is 1. The number of phenols is 1. The van der Waals surface area contributed by atoms with Crippen LogP contribution in [0.25, 0.3) is 0 Å². The maximum absolute atomic E-state index is 15.0. The van der Waals surface area contributed by atoms with E-state index >= 15 is 0 Å². The van der Waals surface area contributed by atoms with Crippen molar-refractivity contribution in [3.63, 3.8) is 0 Å². The van der Waals surface area contributed by atoms with Crippen LogP contribution in [0.3, 0.4) is 0 Å². The molecule has 2 aliphatic rings. The average molecular weight is 509 g/mol. The molecule has 6 heteroatoms. The van der Waals surface area contributed by atoms with Gasteiger partial charge >= 0.3 is 0 Å². The Hall–Kier alpha value is -2.28. The molecule has 0 saturated carbocycles. The number of hydrogen-bond acceptors (Lipinski definition) is 4. The highest BCUT2D eigenvalue weighted by Gasteiger charge is 2.63. The van der Waals surface area contributed by atoms with E-state index in [0.717, 1.165) is 57.3 Å². The molecular formula is C31H43FN3O2. The van der Waals surface area contributed by atoms with Crippen LogP contribution < -0.4 is 10.6 Å². The van der Waals surface area contributed by atoms with Crippen molar-refractivity contribution in [2.75, 3.05) is 33.7 Å². The van der Waals surface area contributed by atoms with Crippen molar-refractivity contribution in [2.24, 2.45) is 11.8 Å². The van der Waals surface area contributed by atoms with Gasteiger partial charge in [0.25, 0.3) is 0 Å². The molecule has 2 N–H and O–H groups in total. The summed E-state index contributed by atoms with van der Waals surface area (Å²) in [4.78, 5) is 16.5. The average Bonchev–Trinajstić information content (AvgIpc) is 3.11. The van der Waals surface area contributed by atoms with Crippen molar-refractivity contribution in [3.8, 4) is 5.75 Å². The van der Waals surface area contributed by atoms with E-state index in [1.54, 1.807) is 24.3 Å². The van der Waals surface area contributed by atoms with Crippen LogP contribution in [-0.4, -0.2) is 60.6 Å². The summed E-state index contributed by atoms with van der Waals surface area (Å²) < 4.78 is 15.0. The predicted molar refractivity (Wildman–Crippen MR) is 147 cm³/mol. The van der Waals surface area contributed by atoms with Gasteiger partial charge in [-0.05, 0) is 121 Å². The quantitative estimate of drug-likeness (QED) is 0.357. The fourth-order valence-corrected chi connectivity index (χ4v) is 6.99. The van der Waals surface area contributed by atoms with Gasteiger partial charge in [0.1, 0.15) is 17.1 Å². The predicted octanol–water partition coefficient (Wildman–Crippen LogP) is 5.29. The summed E-state index contributed by atoms with van der Waals surface area (Å²) in [6.45, 7) is 8.90. The second-order valence-electron chi connectivity index (χ2n) is 11.7. The number of piperidine rings is 1. The van der Waals surface area contributed by atoms with Crippen LogP contribution in [0.1, 0.15) is 73.4 Å². The Morgan fingerprint density at radius 3 is 2.62 bits per heavy atom. The Morgan fingerprint density at radius 2 is 1.95 bits per heavy atom. The highest BCUT2D eigenvalue weighted by molar-refractivity contribution is 6.04. The number of carbonyl (C=O) groups excluding carboxylic acids is 1. The first-order valence-corrected chi connectivity index (χ1v) is 13.8. The number of Topliss-reactive ketones (excluding diaryl/α,β-unsaturated/α-hetero) is 1. The molecule has 2 aliphatic heterocycles. The van der Waals surface area contributed by atoms with Gasteiger partial charge in [0.05, 0.1) is 0 Å². The first-order chi connectivity index (χ1) is 17.6. The van der Waals surface area contributed by atoms with Gasteiger partial charge in [0, 0.05) is 17.0 Å². The van der Waals surface area contributed by atoms with Crippen molar-refractivity contribution in [1.82, 2.24) is 15.5 Å². The molecule has 0 aromatic heterocycles. The normalized spacial score (nSPS) is 30.1. The molecule has 2 saturated heterocycles. The molecule has 2 aromatic rings. The van der Waals surface area contributed by atoms with Crippen molar-refractivity contribution >= 4 is 5.78 Å². The molecule has 5 nitrogen and oxygen atoms in total. The lowest BCUT2D eigenvalue weighted by atomic mass is 9.64. The Balaban J connectivity index is 1.84. The first-order valence-electron chi connectivity index (χ1n) is 13.8. The third kappa shape index (κ3) is 5.47. The molecule has 2 fully saturated rings. The van der Waals surface area contributed by atoms with Gasteiger partial charge in [-0.3, -0.25) is 4.79 Å². The van der Waals surface area contributed by atoms with Crippen LogP contribution in [0, 0.1) is 24.6 Å². The Labute approximate surface area is 221 Å². The van der Waals surface area contributed by atoms with Crippen LogP contribution in [0.5, 0.6) is 5.75 Å². The van der Waals surface area contributed by atoms with Gasteiger partial charge < -0.3 is 15.3 Å². The topological polar surface area (TPSA) is 66.7 Å². The smallest absolute Gasteiger partial charge is 0.184 e. The summed E-state index contributed by atoms with van der Waals surface area (Å²) in [5.74, 6) is -0.164. The van der Waals surface area contributed by atoms with E-state index in [0.29, 0.717) is 17.0 Å². The van der Waals surface area contributed by atoms with Crippen LogP contribution in [-0.2, 0) is 0 Å². The van der Waals surface area contributed by atoms with Crippen LogP contribution >= 0.6 is 0 Å². The van der Waals surface area contributed by atoms with Gasteiger partial charge in [0.2, 0.25) is 0 Å². The summed E-state index contributed by atoms with van der Waals surface area (Å²) in [6, 6.07) is 11.8. The van der Waals surface area contributed by atoms with E-state index in [-0.39, 0.29) is 29.2 Å². The number of ketones is 1. The molecule has 37 heavy (non-hydrogen) atoms. The minimum absolute atomic E-state index is 0.0606. The maximum atomic E-state index is 15.0. The van der Waals surface area contributed by atoms with Crippen LogP contribution in [0.15, 0.2) is 42.5 Å². The summed E-state index contributed by atoms with van der Waals surface area (Å²) in [5.41, 5.74) is 0.413. The summed E-state index contributed by atoms with van der Waals surface area (Å²) >= 11 is 0. The van der Waals surface area contributed by atoms with E-state index < -0.39 is 11.1 Å². The fraction of sp³-hybridized carbons (Fsp3) is 0.581. The molecule has 0 bridgehead atoms. The molecule has 2 heterocycles. The zero-order valence-electron chi connectivity index (χ0n) is 23.1. The molecule has 2 aromatic carbocycles. The molecule has 4 rings (SSSR count). The molecule has 0 amide bonds. The number of nitrogens with one attached hydrogen (secondary N) is 1. The van der Waals surface area contributed by atoms with E-state index in [1.165, 1.54) is 12.1 Å². The van der Waals surface area contributed by atoms with Gasteiger partial charge in [-0.1, -0.05) is 30.7 Å². The minimum Gasteiger partial charge on any atom is -0.508 e. The third-order valence-corrected chi connectivity index (χ3v) is 8.94. The maximum Gasteiger partial charge on any atom is 0.184 e. The monoisotopic (exact) mass is 508 g/mol. The number of carbonyl (C=O) groups is 1. The Kier molecular flexibility index (Phi) is 8.41. The fourth-order valence-electron chi connectivity index (χ4n) is 6.99. The summed E-state index contributed by atoms with van der Waals surface area (Å²) in [7, 11) is 4.18. The van der Waals surface area contributed by atoms with Gasteiger partial charge in [-0.2, -0.15) is 0 Å². The molecule has 1 radical (unpaired) electrons. The lowest BCUT2D eigenvalue weighted by molar-refractivity contribution is 0.0835. The number of benzene rings is 2. The highest BCUT2D eigenvalue weighted by Crippen LogP contribution is 2.56. The van der Waals surface area contributed by atoms with Crippen molar-refractivity contribution in [1.29, 1.82) is 0 Å². The van der Waals surface area contributed by atoms with Crippen molar-refractivity contribution in [2.45, 2.75) is 69.9 Å². The number of nitrogens with zero attached hydrogens (tertiary/aromatic N) is 2. The summed E-state index contributed by atoms with van der Waals surface area (Å²) in [5, 5.41) is 19.2. The number of rotatable bonds is 9. The highest BCUT2D eigenvalue weighted by atomic mass is 19.1. The first kappa shape index (κ1) is 27.7. The van der Waals surface area contributed by atoms with E-state index in [1.807, 2.05) is 19.9 Å². The zero-order chi connectivity index (χ0) is 26.8. The standard InChI is InChI=1S/C31H43FN3O2/c1-21-25(14-9-16-27(21)32)28-26(15-6-7-18-35(4)5)30(2,23-12-10-17-33-20-23)34-31(28,3)29(37)22-11-8-13-24(36)19-22/h8-9,11,13-14,16,19,23,26,28,33,36H,6-7,10,12,15,17-18,20H2,1-5H3/t23?,26-,28-,30?,31+/m0/s1. The lowest BCUT2D eigenvalue weighted by Gasteiger charge is -2.42. The second kappa shape index (κ2) is 11.2. The molecule has 5 atom stereocenters. The van der Waals surface area contributed by atoms with Crippen LogP contribution in [0.2, 0.25) is 0 Å². The number of unbranched alkanes of at least 4 members (excludes halogenated alkanes) is 1.